The van der Waals surface area contributed by atoms with Gasteiger partial charge in [-0.15, -0.1) is 0 Å². The smallest absolute Gasteiger partial charge is 0.344 e. The third kappa shape index (κ3) is 4.17. The van der Waals surface area contributed by atoms with Crippen molar-refractivity contribution in [3.8, 4) is 11.9 Å². The number of hydrogen-bond donors (Lipinski definition) is 1. The van der Waals surface area contributed by atoms with Gasteiger partial charge in [0.05, 0.1) is 25.5 Å². The first-order valence-corrected chi connectivity index (χ1v) is 9.04. The number of aromatic nitrogens is 2. The van der Waals surface area contributed by atoms with Gasteiger partial charge in [-0.05, 0) is 43.7 Å². The zero-order chi connectivity index (χ0) is 21.7. The van der Waals surface area contributed by atoms with E-state index in [0.29, 0.717) is 23.7 Å². The van der Waals surface area contributed by atoms with Crippen molar-refractivity contribution in [2.24, 2.45) is 0 Å². The molecule has 0 unspecified atom stereocenters. The topological polar surface area (TPSA) is 119 Å². The lowest BCUT2D eigenvalue weighted by Gasteiger charge is -2.12. The van der Waals surface area contributed by atoms with Crippen LogP contribution in [0.3, 0.4) is 0 Å². The second-order valence-corrected chi connectivity index (χ2v) is 6.40. The van der Waals surface area contributed by atoms with Crippen LogP contribution < -0.4 is 10.1 Å². The number of nitrogens with one attached hydrogen (secondary N) is 1. The van der Waals surface area contributed by atoms with Crippen LogP contribution in [0.2, 0.25) is 0 Å². The van der Waals surface area contributed by atoms with E-state index in [-0.39, 0.29) is 11.4 Å². The fraction of sp³-hybridized carbons (Fsp3) is 0.238. The lowest BCUT2D eigenvalue weighted by atomic mass is 10.2. The number of ether oxygens (including phenoxy) is 2. The molecule has 1 amide bonds. The van der Waals surface area contributed by atoms with Gasteiger partial charge in [0.2, 0.25) is 5.88 Å². The van der Waals surface area contributed by atoms with Crippen molar-refractivity contribution in [3.05, 3.63) is 64.9 Å². The van der Waals surface area contributed by atoms with E-state index in [1.54, 1.807) is 36.0 Å². The Morgan fingerprint density at radius 1 is 1.30 bits per heavy atom. The van der Waals surface area contributed by atoms with Crippen molar-refractivity contribution in [1.29, 1.82) is 5.26 Å². The molecule has 0 saturated heterocycles. The minimum Gasteiger partial charge on any atom is -0.480 e. The van der Waals surface area contributed by atoms with Gasteiger partial charge in [0, 0.05) is 11.9 Å². The van der Waals surface area contributed by atoms with E-state index in [9.17, 15) is 14.9 Å². The van der Waals surface area contributed by atoms with E-state index < -0.39 is 18.5 Å². The Balaban J connectivity index is 1.75. The maximum atomic E-state index is 12.5. The quantitative estimate of drug-likeness (QED) is 0.597. The molecule has 1 N–H and O–H groups in total. The summed E-state index contributed by atoms with van der Waals surface area (Å²) in [4.78, 5) is 28.6. The lowest BCUT2D eigenvalue weighted by molar-refractivity contribution is -0.119. The Morgan fingerprint density at radius 3 is 2.77 bits per heavy atom. The number of rotatable bonds is 7. The average Bonchev–Trinajstić information content (AvgIpc) is 3.35. The molecule has 0 saturated carbocycles. The second kappa shape index (κ2) is 8.96. The molecule has 3 heterocycles. The predicted molar refractivity (Wildman–Crippen MR) is 106 cm³/mol. The maximum Gasteiger partial charge on any atom is 0.344 e. The van der Waals surface area contributed by atoms with E-state index in [4.69, 9.17) is 13.9 Å². The number of nitriles is 1. The van der Waals surface area contributed by atoms with Crippen molar-refractivity contribution < 1.29 is 23.5 Å². The number of furan rings is 1. The summed E-state index contributed by atoms with van der Waals surface area (Å²) in [5.74, 6) is -0.227. The number of methoxy groups -OCH3 is 1. The minimum atomic E-state index is -0.742. The van der Waals surface area contributed by atoms with Crippen molar-refractivity contribution in [1.82, 2.24) is 9.55 Å². The molecule has 3 aromatic rings. The van der Waals surface area contributed by atoms with Crippen molar-refractivity contribution in [3.63, 3.8) is 0 Å². The molecule has 0 spiro atoms. The zero-order valence-corrected chi connectivity index (χ0v) is 16.8. The number of hydrogen-bond acceptors (Lipinski definition) is 7. The summed E-state index contributed by atoms with van der Waals surface area (Å²) in [5.41, 5.74) is 2.01. The van der Waals surface area contributed by atoms with E-state index in [1.165, 1.54) is 19.4 Å². The number of esters is 1. The fourth-order valence-corrected chi connectivity index (χ4v) is 2.97. The first-order valence-electron chi connectivity index (χ1n) is 9.04. The molecule has 9 heteroatoms. The minimum absolute atomic E-state index is 0.105. The monoisotopic (exact) mass is 408 g/mol. The summed E-state index contributed by atoms with van der Waals surface area (Å²) in [6.45, 7) is 3.45. The van der Waals surface area contributed by atoms with Gasteiger partial charge in [0.1, 0.15) is 23.2 Å². The maximum absolute atomic E-state index is 12.5. The Labute approximate surface area is 172 Å². The van der Waals surface area contributed by atoms with Gasteiger partial charge < -0.3 is 23.8 Å². The molecule has 0 radical (unpaired) electrons. The molecule has 0 aliphatic carbocycles. The Morgan fingerprint density at radius 2 is 2.10 bits per heavy atom. The van der Waals surface area contributed by atoms with Gasteiger partial charge >= 0.3 is 5.97 Å². The number of pyridine rings is 1. The molecule has 9 nitrogen and oxygen atoms in total. The summed E-state index contributed by atoms with van der Waals surface area (Å²) in [6.07, 6.45) is 3.03. The fourth-order valence-electron chi connectivity index (χ4n) is 2.97. The molecule has 0 bridgehead atoms. The largest absolute Gasteiger partial charge is 0.480 e. The van der Waals surface area contributed by atoms with Crippen LogP contribution in [0.15, 0.2) is 41.1 Å². The first kappa shape index (κ1) is 20.7. The molecule has 30 heavy (non-hydrogen) atoms. The number of amides is 1. The molecular weight excluding hydrogens is 388 g/mol. The second-order valence-electron chi connectivity index (χ2n) is 6.40. The molecule has 0 atom stereocenters. The summed E-state index contributed by atoms with van der Waals surface area (Å²) >= 11 is 0. The normalized spacial score (nSPS) is 10.3. The van der Waals surface area contributed by atoms with E-state index >= 15 is 0 Å². The highest BCUT2D eigenvalue weighted by Crippen LogP contribution is 2.27. The molecule has 0 aromatic carbocycles. The summed E-state index contributed by atoms with van der Waals surface area (Å²) in [5, 5.41) is 12.2. The SMILES string of the molecule is COc1ncccc1C(=O)OCC(=O)Nc1c(C#N)c(C)c(C)n1Cc1ccco1. The molecule has 0 aliphatic rings. The van der Waals surface area contributed by atoms with Gasteiger partial charge in [-0.25, -0.2) is 9.78 Å². The van der Waals surface area contributed by atoms with Gasteiger partial charge in [0.15, 0.2) is 6.61 Å². The van der Waals surface area contributed by atoms with E-state index in [2.05, 4.69) is 16.4 Å². The highest BCUT2D eigenvalue weighted by Gasteiger charge is 2.21. The lowest BCUT2D eigenvalue weighted by Crippen LogP contribution is -2.23. The van der Waals surface area contributed by atoms with Crippen molar-refractivity contribution in [2.45, 2.75) is 20.4 Å². The van der Waals surface area contributed by atoms with Crippen LogP contribution in [0.1, 0.15) is 32.9 Å². The standard InChI is InChI=1S/C21H20N4O5/c1-13-14(2)25(11-15-6-5-9-29-15)19(17(13)10-22)24-18(26)12-30-21(27)16-7-4-8-23-20(16)28-3/h4-9H,11-12H2,1-3H3,(H,24,26). The summed E-state index contributed by atoms with van der Waals surface area (Å²) in [6, 6.07) is 8.73. The summed E-state index contributed by atoms with van der Waals surface area (Å²) in [7, 11) is 1.38. The number of anilines is 1. The van der Waals surface area contributed by atoms with Gasteiger partial charge in [0.25, 0.3) is 5.91 Å². The van der Waals surface area contributed by atoms with E-state index in [0.717, 1.165) is 11.3 Å². The number of carbonyl (C=O) groups excluding carboxylic acids is 2. The van der Waals surface area contributed by atoms with E-state index in [1.807, 2.05) is 6.92 Å². The Hall–Kier alpha value is -4.06. The van der Waals surface area contributed by atoms with Gasteiger partial charge in [-0.1, -0.05) is 0 Å². The Kier molecular flexibility index (Phi) is 6.17. The third-order valence-corrected chi connectivity index (χ3v) is 4.61. The number of carbonyl (C=O) groups is 2. The number of nitrogens with zero attached hydrogens (tertiary/aromatic N) is 3. The molecule has 0 fully saturated rings. The molecule has 0 aliphatic heterocycles. The molecule has 3 aromatic heterocycles. The molecular formula is C21H20N4O5. The van der Waals surface area contributed by atoms with Crippen LogP contribution in [0.25, 0.3) is 0 Å². The highest BCUT2D eigenvalue weighted by atomic mass is 16.5. The van der Waals surface area contributed by atoms with Crippen LogP contribution in [-0.2, 0) is 16.1 Å². The van der Waals surface area contributed by atoms with Crippen LogP contribution in [0, 0.1) is 25.2 Å². The van der Waals surface area contributed by atoms with Crippen LogP contribution in [0.4, 0.5) is 5.82 Å². The van der Waals surface area contributed by atoms with Gasteiger partial charge in [-0.3, -0.25) is 4.79 Å². The predicted octanol–water partition coefficient (Wildman–Crippen LogP) is 2.82. The first-order chi connectivity index (χ1) is 14.5. The van der Waals surface area contributed by atoms with Crippen molar-refractivity contribution >= 4 is 17.7 Å². The molecule has 154 valence electrons. The van der Waals surface area contributed by atoms with Gasteiger partial charge in [-0.2, -0.15) is 5.26 Å². The zero-order valence-electron chi connectivity index (χ0n) is 16.8. The third-order valence-electron chi connectivity index (χ3n) is 4.61. The average molecular weight is 408 g/mol. The van der Waals surface area contributed by atoms with Crippen LogP contribution >= 0.6 is 0 Å². The van der Waals surface area contributed by atoms with Crippen LogP contribution in [0.5, 0.6) is 5.88 Å². The summed E-state index contributed by atoms with van der Waals surface area (Å²) < 4.78 is 17.3. The molecule has 3 rings (SSSR count). The highest BCUT2D eigenvalue weighted by molar-refractivity contribution is 5.96. The van der Waals surface area contributed by atoms with Crippen molar-refractivity contribution in [2.75, 3.05) is 19.0 Å². The Bertz CT molecular complexity index is 1110. The van der Waals surface area contributed by atoms with Crippen LogP contribution in [-0.4, -0.2) is 35.1 Å².